The van der Waals surface area contributed by atoms with Crippen molar-refractivity contribution in [2.75, 3.05) is 18.8 Å². The molecular formula is C22H22Cl2N4O2S2. The Bertz CT molecular complexity index is 1070. The number of thioether (sulfide) groups is 1. The molecule has 1 N–H and O–H groups in total. The summed E-state index contributed by atoms with van der Waals surface area (Å²) in [4.78, 5) is 21.1. The number of hydroxylamine groups is 3. The average molecular weight is 509 g/mol. The molecule has 10 heteroatoms. The average Bonchev–Trinajstić information content (AvgIpc) is 3.26. The molecule has 1 fully saturated rings. The number of carbonyl (C=O) groups excluding carboxylic acids is 1. The Morgan fingerprint density at radius 2 is 2.06 bits per heavy atom. The molecule has 0 radical (unpaired) electrons. The van der Waals surface area contributed by atoms with Gasteiger partial charge in [-0.25, -0.2) is 4.98 Å². The molecule has 0 spiro atoms. The van der Waals surface area contributed by atoms with E-state index >= 15 is 0 Å². The van der Waals surface area contributed by atoms with Crippen molar-refractivity contribution in [1.82, 2.24) is 15.3 Å². The fraction of sp³-hybridized carbons (Fsp3) is 0.318. The minimum Gasteiger partial charge on any atom is -0.633 e. The van der Waals surface area contributed by atoms with E-state index in [1.807, 2.05) is 23.6 Å². The monoisotopic (exact) mass is 508 g/mol. The third-order valence-electron chi connectivity index (χ3n) is 5.36. The van der Waals surface area contributed by atoms with Crippen LogP contribution in [0.15, 0.2) is 52.4 Å². The number of pyridine rings is 1. The van der Waals surface area contributed by atoms with E-state index in [-0.39, 0.29) is 16.6 Å². The Labute approximate surface area is 205 Å². The summed E-state index contributed by atoms with van der Waals surface area (Å²) in [5, 5.41) is 19.1. The third kappa shape index (κ3) is 6.21. The lowest BCUT2D eigenvalue weighted by molar-refractivity contribution is -0.898. The van der Waals surface area contributed by atoms with Gasteiger partial charge in [0.25, 0.3) is 0 Å². The number of hydrogen-bond acceptors (Lipinski definition) is 6. The summed E-state index contributed by atoms with van der Waals surface area (Å²) >= 11 is 15.0. The van der Waals surface area contributed by atoms with Gasteiger partial charge < -0.3 is 15.2 Å². The highest BCUT2D eigenvalue weighted by Gasteiger charge is 2.28. The zero-order valence-corrected chi connectivity index (χ0v) is 20.3. The Balaban J connectivity index is 1.22. The van der Waals surface area contributed by atoms with E-state index < -0.39 is 0 Å². The quantitative estimate of drug-likeness (QED) is 0.262. The van der Waals surface area contributed by atoms with Crippen LogP contribution in [-0.2, 0) is 11.3 Å². The van der Waals surface area contributed by atoms with Gasteiger partial charge >= 0.3 is 0 Å². The maximum Gasteiger partial charge on any atom is 0.230 e. The number of carbonyl (C=O) groups is 1. The second-order valence-electron chi connectivity index (χ2n) is 7.78. The molecule has 1 saturated heterocycles. The van der Waals surface area contributed by atoms with Crippen molar-refractivity contribution in [3.63, 3.8) is 0 Å². The van der Waals surface area contributed by atoms with Crippen LogP contribution >= 0.6 is 46.3 Å². The minimum absolute atomic E-state index is 0.0272. The smallest absolute Gasteiger partial charge is 0.230 e. The highest BCUT2D eigenvalue weighted by atomic mass is 35.5. The van der Waals surface area contributed by atoms with Crippen LogP contribution in [0.25, 0.3) is 11.3 Å². The van der Waals surface area contributed by atoms with E-state index in [4.69, 9.17) is 23.2 Å². The fourth-order valence-corrected chi connectivity index (χ4v) is 5.65. The van der Waals surface area contributed by atoms with Crippen molar-refractivity contribution in [2.24, 2.45) is 0 Å². The number of nitrogens with zero attached hydrogens (tertiary/aromatic N) is 3. The van der Waals surface area contributed by atoms with Crippen LogP contribution < -0.4 is 5.32 Å². The first-order valence-electron chi connectivity index (χ1n) is 10.2. The van der Waals surface area contributed by atoms with Crippen molar-refractivity contribution in [3.05, 3.63) is 68.9 Å². The second-order valence-corrected chi connectivity index (χ2v) is 10.7. The van der Waals surface area contributed by atoms with Crippen LogP contribution in [0, 0.1) is 5.21 Å². The van der Waals surface area contributed by atoms with Gasteiger partial charge in [0.2, 0.25) is 5.91 Å². The first kappa shape index (κ1) is 23.5. The van der Waals surface area contributed by atoms with Gasteiger partial charge in [0.1, 0.15) is 6.54 Å². The number of halogens is 2. The van der Waals surface area contributed by atoms with Crippen LogP contribution in [0.4, 0.5) is 0 Å². The van der Waals surface area contributed by atoms with Gasteiger partial charge in [-0.3, -0.25) is 9.78 Å². The summed E-state index contributed by atoms with van der Waals surface area (Å²) in [6, 6.07) is 9.18. The zero-order chi connectivity index (χ0) is 22.6. The fourth-order valence-electron chi connectivity index (χ4n) is 3.68. The predicted octanol–water partition coefficient (Wildman–Crippen LogP) is 5.40. The van der Waals surface area contributed by atoms with Gasteiger partial charge in [-0.2, -0.15) is 0 Å². The van der Waals surface area contributed by atoms with E-state index in [1.54, 1.807) is 24.5 Å². The van der Waals surface area contributed by atoms with Gasteiger partial charge in [0.15, 0.2) is 4.34 Å². The molecule has 3 heterocycles. The van der Waals surface area contributed by atoms with Gasteiger partial charge in [0, 0.05) is 47.8 Å². The van der Waals surface area contributed by atoms with Gasteiger partial charge in [-0.1, -0.05) is 41.0 Å². The molecule has 1 aliphatic rings. The summed E-state index contributed by atoms with van der Waals surface area (Å²) in [6.07, 6.45) is 4.81. The van der Waals surface area contributed by atoms with Crippen LogP contribution in [0.3, 0.4) is 0 Å². The van der Waals surface area contributed by atoms with Crippen LogP contribution in [-0.4, -0.2) is 45.4 Å². The molecule has 168 valence electrons. The van der Waals surface area contributed by atoms with E-state index in [0.717, 1.165) is 21.2 Å². The highest BCUT2D eigenvalue weighted by molar-refractivity contribution is 8.01. The predicted molar refractivity (Wildman–Crippen MR) is 131 cm³/mol. The lowest BCUT2D eigenvalue weighted by atomic mass is 10.0. The molecule has 2 aromatic heterocycles. The number of likely N-dealkylation sites (tertiary alicyclic amines) is 1. The molecule has 6 nitrogen and oxygen atoms in total. The number of piperidine rings is 1. The first-order chi connectivity index (χ1) is 15.4. The van der Waals surface area contributed by atoms with Crippen molar-refractivity contribution in [3.8, 4) is 11.3 Å². The topological polar surface area (TPSA) is 77.9 Å². The van der Waals surface area contributed by atoms with Crippen molar-refractivity contribution < 1.29 is 9.44 Å². The molecule has 4 rings (SSSR count). The number of rotatable bonds is 7. The minimum atomic E-state index is -0.310. The molecular weight excluding hydrogens is 487 g/mol. The lowest BCUT2D eigenvalue weighted by Crippen LogP contribution is -2.52. The SMILES string of the molecule is O=C(CSc1nc(-c2cccnc2)cs1)NC1CC[N+]([O-])(Cc2ccc(Cl)c(Cl)c2)CC1. The number of thiazole rings is 1. The summed E-state index contributed by atoms with van der Waals surface area (Å²) in [5.41, 5.74) is 2.70. The molecule has 0 atom stereocenters. The number of hydrogen-bond donors (Lipinski definition) is 1. The highest BCUT2D eigenvalue weighted by Crippen LogP contribution is 2.29. The van der Waals surface area contributed by atoms with Crippen LogP contribution in [0.2, 0.25) is 10.0 Å². The van der Waals surface area contributed by atoms with Gasteiger partial charge in [0.05, 0.1) is 34.6 Å². The summed E-state index contributed by atoms with van der Waals surface area (Å²) < 4.78 is 0.537. The summed E-state index contributed by atoms with van der Waals surface area (Å²) in [5.74, 6) is 0.269. The number of benzene rings is 1. The Hall–Kier alpha value is -1.68. The van der Waals surface area contributed by atoms with E-state index in [9.17, 15) is 10.0 Å². The summed E-state index contributed by atoms with van der Waals surface area (Å²) in [6.45, 7) is 1.27. The number of amides is 1. The number of aromatic nitrogens is 2. The van der Waals surface area contributed by atoms with Crippen LogP contribution in [0.5, 0.6) is 0 Å². The molecule has 1 aliphatic heterocycles. The van der Waals surface area contributed by atoms with Crippen LogP contribution in [0.1, 0.15) is 18.4 Å². The van der Waals surface area contributed by atoms with Gasteiger partial charge in [-0.15, -0.1) is 11.3 Å². The van der Waals surface area contributed by atoms with Crippen molar-refractivity contribution >= 4 is 52.2 Å². The molecule has 0 bridgehead atoms. The Morgan fingerprint density at radius 3 is 2.78 bits per heavy atom. The first-order valence-corrected chi connectivity index (χ1v) is 12.8. The van der Waals surface area contributed by atoms with Crippen molar-refractivity contribution in [2.45, 2.75) is 29.8 Å². The lowest BCUT2D eigenvalue weighted by Gasteiger charge is -2.47. The molecule has 3 aromatic rings. The van der Waals surface area contributed by atoms with E-state index in [0.29, 0.717) is 48.3 Å². The maximum atomic E-state index is 13.1. The Kier molecular flexibility index (Phi) is 7.70. The molecule has 32 heavy (non-hydrogen) atoms. The molecule has 0 unspecified atom stereocenters. The normalized spacial score (nSPS) is 20.8. The van der Waals surface area contributed by atoms with E-state index in [1.165, 1.54) is 23.1 Å². The molecule has 1 aromatic carbocycles. The van der Waals surface area contributed by atoms with Gasteiger partial charge in [-0.05, 0) is 24.3 Å². The molecule has 1 amide bonds. The molecule has 0 aliphatic carbocycles. The largest absolute Gasteiger partial charge is 0.633 e. The maximum absolute atomic E-state index is 13.1. The number of nitrogens with one attached hydrogen (secondary N) is 1. The standard InChI is InChI=1S/C22H22Cl2N4O2S2/c23-18-4-3-15(10-19(18)24)12-28(30)8-5-17(6-9-28)26-21(29)14-32-22-27-20(13-31-22)16-2-1-7-25-11-16/h1-4,7,10-11,13,17H,5-6,8-9,12,14H2,(H,26,29). The summed E-state index contributed by atoms with van der Waals surface area (Å²) in [7, 11) is 0. The Morgan fingerprint density at radius 1 is 1.25 bits per heavy atom. The number of quaternary nitrogens is 1. The van der Waals surface area contributed by atoms with E-state index in [2.05, 4.69) is 15.3 Å². The zero-order valence-electron chi connectivity index (χ0n) is 17.2. The third-order valence-corrected chi connectivity index (χ3v) is 8.12. The van der Waals surface area contributed by atoms with Crippen molar-refractivity contribution in [1.29, 1.82) is 0 Å². The molecule has 0 saturated carbocycles. The second kappa shape index (κ2) is 10.5.